The number of fused-ring (bicyclic) bond motifs is 1. The molecule has 0 saturated carbocycles. The van der Waals surface area contributed by atoms with Crippen molar-refractivity contribution in [2.75, 3.05) is 6.54 Å². The Morgan fingerprint density at radius 2 is 2.29 bits per heavy atom. The largest absolute Gasteiger partial charge is 0.349 e. The Balaban J connectivity index is 1.89. The highest BCUT2D eigenvalue weighted by atomic mass is 16.2. The number of aromatic nitrogens is 3. The van der Waals surface area contributed by atoms with Crippen molar-refractivity contribution < 1.29 is 4.79 Å². The summed E-state index contributed by atoms with van der Waals surface area (Å²) in [5, 5.41) is 2.84. The Morgan fingerprint density at radius 3 is 3.06 bits per heavy atom. The maximum Gasteiger partial charge on any atom is 0.323 e. The second-order valence-electron chi connectivity index (χ2n) is 4.14. The highest BCUT2D eigenvalue weighted by Crippen LogP contribution is 2.19. The number of carbonyl (C=O) groups is 1. The minimum Gasteiger partial charge on any atom is -0.349 e. The van der Waals surface area contributed by atoms with Crippen LogP contribution in [0.15, 0.2) is 29.3 Å². The topological polar surface area (TPSA) is 82.7 Å². The van der Waals surface area contributed by atoms with Crippen LogP contribution in [0.2, 0.25) is 0 Å². The molecule has 1 aliphatic rings. The third-order valence-electron chi connectivity index (χ3n) is 3.01. The van der Waals surface area contributed by atoms with Crippen molar-refractivity contribution in [2.45, 2.75) is 12.5 Å². The van der Waals surface area contributed by atoms with Gasteiger partial charge in [0.1, 0.15) is 5.69 Å². The van der Waals surface area contributed by atoms with E-state index in [1.54, 1.807) is 12.3 Å². The number of amides is 1. The molecule has 3 heterocycles. The van der Waals surface area contributed by atoms with E-state index in [1.165, 1.54) is 0 Å². The molecular weight excluding hydrogens is 220 g/mol. The monoisotopic (exact) mass is 232 g/mol. The second kappa shape index (κ2) is 3.65. The minimum atomic E-state index is -0.201. The molecule has 1 atom stereocenters. The number of imidazole rings is 1. The third kappa shape index (κ3) is 1.67. The van der Waals surface area contributed by atoms with Crippen LogP contribution >= 0.6 is 0 Å². The molecule has 2 aromatic rings. The number of H-pyrrole nitrogens is 2. The van der Waals surface area contributed by atoms with Gasteiger partial charge in [-0.25, -0.2) is 4.79 Å². The van der Waals surface area contributed by atoms with Gasteiger partial charge in [0.2, 0.25) is 0 Å². The highest BCUT2D eigenvalue weighted by Gasteiger charge is 2.24. The van der Waals surface area contributed by atoms with Gasteiger partial charge in [-0.1, -0.05) is 0 Å². The SMILES string of the molecule is O=C1NCC(Cc2c[nH]c(=O)[nH]2)n2cccc21. The summed E-state index contributed by atoms with van der Waals surface area (Å²) in [6.45, 7) is 0.577. The van der Waals surface area contributed by atoms with Gasteiger partial charge >= 0.3 is 5.69 Å². The predicted molar refractivity (Wildman–Crippen MR) is 60.9 cm³/mol. The molecule has 3 N–H and O–H groups in total. The van der Waals surface area contributed by atoms with Gasteiger partial charge in [0.05, 0.1) is 6.04 Å². The van der Waals surface area contributed by atoms with Crippen LogP contribution in [0.1, 0.15) is 22.2 Å². The molecule has 0 spiro atoms. The summed E-state index contributed by atoms with van der Waals surface area (Å²) in [5.41, 5.74) is 1.31. The molecule has 17 heavy (non-hydrogen) atoms. The Labute approximate surface area is 96.7 Å². The summed E-state index contributed by atoms with van der Waals surface area (Å²) >= 11 is 0. The first-order valence-electron chi connectivity index (χ1n) is 5.45. The molecule has 0 aliphatic carbocycles. The van der Waals surface area contributed by atoms with E-state index in [1.807, 2.05) is 16.8 Å². The Morgan fingerprint density at radius 1 is 1.41 bits per heavy atom. The molecule has 0 radical (unpaired) electrons. The van der Waals surface area contributed by atoms with Gasteiger partial charge in [-0.3, -0.25) is 4.79 Å². The third-order valence-corrected chi connectivity index (χ3v) is 3.01. The van der Waals surface area contributed by atoms with Crippen molar-refractivity contribution in [2.24, 2.45) is 0 Å². The number of aromatic amines is 2. The molecule has 2 aromatic heterocycles. The van der Waals surface area contributed by atoms with Crippen LogP contribution in [-0.4, -0.2) is 27.0 Å². The van der Waals surface area contributed by atoms with Crippen LogP contribution in [0.5, 0.6) is 0 Å². The van der Waals surface area contributed by atoms with E-state index in [0.717, 1.165) is 5.69 Å². The van der Waals surface area contributed by atoms with Crippen LogP contribution in [0, 0.1) is 0 Å². The quantitative estimate of drug-likeness (QED) is 0.682. The van der Waals surface area contributed by atoms with Gasteiger partial charge < -0.3 is 19.9 Å². The molecule has 6 nitrogen and oxygen atoms in total. The summed E-state index contributed by atoms with van der Waals surface area (Å²) in [6, 6.07) is 3.79. The summed E-state index contributed by atoms with van der Waals surface area (Å²) in [4.78, 5) is 27.8. The van der Waals surface area contributed by atoms with E-state index in [9.17, 15) is 9.59 Å². The Kier molecular flexibility index (Phi) is 2.14. The van der Waals surface area contributed by atoms with Crippen molar-refractivity contribution in [1.29, 1.82) is 0 Å². The van der Waals surface area contributed by atoms with Gasteiger partial charge in [-0.05, 0) is 12.1 Å². The number of nitrogens with zero attached hydrogens (tertiary/aromatic N) is 1. The maximum atomic E-state index is 11.6. The van der Waals surface area contributed by atoms with E-state index in [2.05, 4.69) is 15.3 Å². The fourth-order valence-corrected chi connectivity index (χ4v) is 2.21. The van der Waals surface area contributed by atoms with Gasteiger partial charge in [-0.2, -0.15) is 0 Å². The zero-order valence-electron chi connectivity index (χ0n) is 9.06. The van der Waals surface area contributed by atoms with E-state index in [0.29, 0.717) is 18.7 Å². The molecule has 0 aromatic carbocycles. The summed E-state index contributed by atoms with van der Waals surface area (Å²) in [5.74, 6) is -0.0474. The van der Waals surface area contributed by atoms with E-state index in [4.69, 9.17) is 0 Å². The summed E-state index contributed by atoms with van der Waals surface area (Å²) in [7, 11) is 0. The Bertz CT molecular complexity index is 607. The highest BCUT2D eigenvalue weighted by molar-refractivity contribution is 5.93. The zero-order valence-corrected chi connectivity index (χ0v) is 9.06. The van der Waals surface area contributed by atoms with Gasteiger partial charge in [-0.15, -0.1) is 0 Å². The zero-order chi connectivity index (χ0) is 11.8. The van der Waals surface area contributed by atoms with Crippen molar-refractivity contribution in [3.63, 3.8) is 0 Å². The van der Waals surface area contributed by atoms with E-state index in [-0.39, 0.29) is 17.6 Å². The van der Waals surface area contributed by atoms with Crippen LogP contribution in [0.4, 0.5) is 0 Å². The Hall–Kier alpha value is -2.24. The molecule has 1 aliphatic heterocycles. The molecule has 0 bridgehead atoms. The fourth-order valence-electron chi connectivity index (χ4n) is 2.21. The molecular formula is C11H12N4O2. The normalized spacial score (nSPS) is 18.8. The maximum absolute atomic E-state index is 11.6. The summed E-state index contributed by atoms with van der Waals surface area (Å²) < 4.78 is 1.95. The lowest BCUT2D eigenvalue weighted by Crippen LogP contribution is -2.39. The number of carbonyl (C=O) groups excluding carboxylic acids is 1. The van der Waals surface area contributed by atoms with Gasteiger partial charge in [0.15, 0.2) is 0 Å². The number of rotatable bonds is 2. The lowest BCUT2D eigenvalue weighted by molar-refractivity contribution is 0.0914. The lowest BCUT2D eigenvalue weighted by atomic mass is 10.1. The lowest BCUT2D eigenvalue weighted by Gasteiger charge is -2.26. The molecule has 0 fully saturated rings. The smallest absolute Gasteiger partial charge is 0.323 e. The first-order chi connectivity index (χ1) is 8.24. The fraction of sp³-hybridized carbons (Fsp3) is 0.273. The standard InChI is InChI=1S/C11H12N4O2/c16-10-9-2-1-3-15(9)8(6-12-10)4-7-5-13-11(17)14-7/h1-3,5,8H,4,6H2,(H,12,16)(H2,13,14,17). The first-order valence-corrected chi connectivity index (χ1v) is 5.45. The number of hydrogen-bond donors (Lipinski definition) is 3. The first kappa shape index (κ1) is 9.95. The van der Waals surface area contributed by atoms with Crippen molar-refractivity contribution in [3.8, 4) is 0 Å². The van der Waals surface area contributed by atoms with Crippen LogP contribution in [0.3, 0.4) is 0 Å². The van der Waals surface area contributed by atoms with Gasteiger partial charge in [0.25, 0.3) is 5.91 Å². The van der Waals surface area contributed by atoms with Crippen LogP contribution in [0.25, 0.3) is 0 Å². The van der Waals surface area contributed by atoms with Crippen LogP contribution in [-0.2, 0) is 6.42 Å². The molecule has 1 unspecified atom stereocenters. The van der Waals surface area contributed by atoms with E-state index >= 15 is 0 Å². The molecule has 3 rings (SSSR count). The predicted octanol–water partition coefficient (Wildman–Crippen LogP) is 0.0317. The molecule has 1 amide bonds. The van der Waals surface area contributed by atoms with Crippen LogP contribution < -0.4 is 11.0 Å². The molecule has 6 heteroatoms. The van der Waals surface area contributed by atoms with Crippen molar-refractivity contribution >= 4 is 5.91 Å². The van der Waals surface area contributed by atoms with Crippen molar-refractivity contribution in [3.05, 3.63) is 46.4 Å². The van der Waals surface area contributed by atoms with E-state index < -0.39 is 0 Å². The molecule has 0 saturated heterocycles. The average molecular weight is 232 g/mol. The second-order valence-corrected chi connectivity index (χ2v) is 4.14. The van der Waals surface area contributed by atoms with Gasteiger partial charge in [0, 0.05) is 31.1 Å². The van der Waals surface area contributed by atoms with Crippen molar-refractivity contribution in [1.82, 2.24) is 19.9 Å². The molecule has 88 valence electrons. The summed E-state index contributed by atoms with van der Waals surface area (Å²) in [6.07, 6.45) is 4.24. The number of hydrogen-bond acceptors (Lipinski definition) is 2. The number of nitrogens with one attached hydrogen (secondary N) is 3. The minimum absolute atomic E-state index is 0.0474. The average Bonchev–Trinajstić information content (AvgIpc) is 2.92.